The summed E-state index contributed by atoms with van der Waals surface area (Å²) in [5.74, 6) is -0.876. The lowest BCUT2D eigenvalue weighted by molar-refractivity contribution is -0.146. The zero-order valence-electron chi connectivity index (χ0n) is 8.33. The highest BCUT2D eigenvalue weighted by Crippen LogP contribution is 2.17. The lowest BCUT2D eigenvalue weighted by atomic mass is 10.1. The maximum atomic E-state index is 10.9. The molecule has 0 aliphatic heterocycles. The van der Waals surface area contributed by atoms with Gasteiger partial charge in [-0.3, -0.25) is 4.68 Å². The Morgan fingerprint density at radius 3 is 2.38 bits per heavy atom. The zero-order chi connectivity index (χ0) is 10.2. The summed E-state index contributed by atoms with van der Waals surface area (Å²) in [6, 6.07) is 1.87. The zero-order valence-corrected chi connectivity index (χ0v) is 8.33. The molecular formula is C9H14N2O2. The lowest BCUT2D eigenvalue weighted by Gasteiger charge is -2.21. The van der Waals surface area contributed by atoms with Crippen molar-refractivity contribution in [3.05, 3.63) is 17.5 Å². The van der Waals surface area contributed by atoms with Crippen LogP contribution < -0.4 is 0 Å². The number of carboxylic acid groups (broad SMARTS) is 1. The van der Waals surface area contributed by atoms with Gasteiger partial charge in [0.05, 0.1) is 5.69 Å². The largest absolute Gasteiger partial charge is 0.479 e. The van der Waals surface area contributed by atoms with Crippen LogP contribution in [-0.2, 0) is 10.3 Å². The Balaban J connectivity index is 3.21. The molecule has 13 heavy (non-hydrogen) atoms. The van der Waals surface area contributed by atoms with E-state index in [1.165, 1.54) is 4.68 Å². The highest BCUT2D eigenvalue weighted by atomic mass is 16.4. The Morgan fingerprint density at radius 1 is 1.54 bits per heavy atom. The van der Waals surface area contributed by atoms with E-state index in [0.29, 0.717) is 0 Å². The van der Waals surface area contributed by atoms with Gasteiger partial charge >= 0.3 is 5.97 Å². The molecule has 1 rings (SSSR count). The highest BCUT2D eigenvalue weighted by Gasteiger charge is 2.31. The molecule has 1 N–H and O–H groups in total. The molecular weight excluding hydrogens is 168 g/mol. The molecule has 1 heterocycles. The van der Waals surface area contributed by atoms with Crippen molar-refractivity contribution in [2.45, 2.75) is 33.2 Å². The summed E-state index contributed by atoms with van der Waals surface area (Å²) in [6.07, 6.45) is 0. The first-order chi connectivity index (χ1) is 5.85. The third-order valence-corrected chi connectivity index (χ3v) is 2.06. The number of nitrogens with zero attached hydrogens (tertiary/aromatic N) is 2. The van der Waals surface area contributed by atoms with E-state index in [-0.39, 0.29) is 0 Å². The average molecular weight is 182 g/mol. The average Bonchev–Trinajstić information content (AvgIpc) is 2.30. The molecule has 0 unspecified atom stereocenters. The molecule has 0 atom stereocenters. The molecule has 0 amide bonds. The van der Waals surface area contributed by atoms with Crippen LogP contribution in [0, 0.1) is 13.8 Å². The monoisotopic (exact) mass is 182 g/mol. The second-order valence-electron chi connectivity index (χ2n) is 3.70. The van der Waals surface area contributed by atoms with E-state index in [9.17, 15) is 4.79 Å². The molecule has 1 aromatic rings. The third-order valence-electron chi connectivity index (χ3n) is 2.06. The van der Waals surface area contributed by atoms with E-state index >= 15 is 0 Å². The third kappa shape index (κ3) is 1.56. The van der Waals surface area contributed by atoms with E-state index in [2.05, 4.69) is 5.10 Å². The van der Waals surface area contributed by atoms with Crippen LogP contribution in [0.25, 0.3) is 0 Å². The summed E-state index contributed by atoms with van der Waals surface area (Å²) in [6.45, 7) is 6.97. The van der Waals surface area contributed by atoms with Crippen LogP contribution >= 0.6 is 0 Å². The molecule has 1 aromatic heterocycles. The lowest BCUT2D eigenvalue weighted by Crippen LogP contribution is -2.37. The molecule has 0 aromatic carbocycles. The summed E-state index contributed by atoms with van der Waals surface area (Å²) < 4.78 is 1.53. The first-order valence-corrected chi connectivity index (χ1v) is 4.13. The van der Waals surface area contributed by atoms with E-state index in [1.54, 1.807) is 13.8 Å². The van der Waals surface area contributed by atoms with Crippen LogP contribution in [0.2, 0.25) is 0 Å². The van der Waals surface area contributed by atoms with Crippen LogP contribution in [0.1, 0.15) is 25.2 Å². The maximum absolute atomic E-state index is 10.9. The van der Waals surface area contributed by atoms with Gasteiger partial charge in [0.1, 0.15) is 0 Å². The molecule has 0 aliphatic carbocycles. The van der Waals surface area contributed by atoms with Crippen LogP contribution in [0.5, 0.6) is 0 Å². The molecule has 0 aliphatic rings. The highest BCUT2D eigenvalue weighted by molar-refractivity contribution is 5.75. The van der Waals surface area contributed by atoms with Gasteiger partial charge in [0, 0.05) is 5.69 Å². The Hall–Kier alpha value is -1.32. The first-order valence-electron chi connectivity index (χ1n) is 4.13. The molecule has 4 nitrogen and oxygen atoms in total. The van der Waals surface area contributed by atoms with Crippen LogP contribution in [0.15, 0.2) is 6.07 Å². The first kappa shape index (κ1) is 9.77. The SMILES string of the molecule is Cc1cc(C)n(C(C)(C)C(=O)O)n1. The fraction of sp³-hybridized carbons (Fsp3) is 0.556. The van der Waals surface area contributed by atoms with Crippen molar-refractivity contribution >= 4 is 5.97 Å². The van der Waals surface area contributed by atoms with Crippen molar-refractivity contribution in [1.82, 2.24) is 9.78 Å². The second kappa shape index (κ2) is 2.87. The summed E-state index contributed by atoms with van der Waals surface area (Å²) in [5.41, 5.74) is 0.731. The number of aliphatic carboxylic acids is 1. The van der Waals surface area contributed by atoms with Crippen molar-refractivity contribution < 1.29 is 9.90 Å². The van der Waals surface area contributed by atoms with Crippen molar-refractivity contribution in [3.63, 3.8) is 0 Å². The Bertz CT molecular complexity index is 339. The minimum Gasteiger partial charge on any atom is -0.479 e. The molecule has 0 saturated carbocycles. The van der Waals surface area contributed by atoms with Gasteiger partial charge in [-0.1, -0.05) is 0 Å². The number of aromatic nitrogens is 2. The van der Waals surface area contributed by atoms with Crippen molar-refractivity contribution in [1.29, 1.82) is 0 Å². The number of hydrogen-bond acceptors (Lipinski definition) is 2. The van der Waals surface area contributed by atoms with E-state index in [0.717, 1.165) is 11.4 Å². The van der Waals surface area contributed by atoms with Crippen molar-refractivity contribution in [2.75, 3.05) is 0 Å². The van der Waals surface area contributed by atoms with E-state index in [4.69, 9.17) is 5.11 Å². The Kier molecular flexibility index (Phi) is 2.15. The van der Waals surface area contributed by atoms with Gasteiger partial charge in [-0.15, -0.1) is 0 Å². The topological polar surface area (TPSA) is 55.1 Å². The molecule has 72 valence electrons. The Labute approximate surface area is 77.2 Å². The quantitative estimate of drug-likeness (QED) is 0.750. The van der Waals surface area contributed by atoms with Crippen LogP contribution in [-0.4, -0.2) is 20.9 Å². The van der Waals surface area contributed by atoms with Gasteiger partial charge in [0.25, 0.3) is 0 Å². The molecule has 0 radical (unpaired) electrons. The molecule has 0 saturated heterocycles. The van der Waals surface area contributed by atoms with Crippen LogP contribution in [0.3, 0.4) is 0 Å². The second-order valence-corrected chi connectivity index (χ2v) is 3.70. The number of carbonyl (C=O) groups is 1. The minimum atomic E-state index is -0.974. The number of carboxylic acids is 1. The number of hydrogen-bond donors (Lipinski definition) is 1. The van der Waals surface area contributed by atoms with E-state index in [1.807, 2.05) is 19.9 Å². The van der Waals surface area contributed by atoms with Gasteiger partial charge in [-0.05, 0) is 33.8 Å². The number of aryl methyl sites for hydroxylation is 2. The summed E-state index contributed by atoms with van der Waals surface area (Å²) in [5, 5.41) is 13.1. The van der Waals surface area contributed by atoms with Gasteiger partial charge in [-0.2, -0.15) is 5.10 Å². The van der Waals surface area contributed by atoms with E-state index < -0.39 is 11.5 Å². The summed E-state index contributed by atoms with van der Waals surface area (Å²) in [7, 11) is 0. The molecule has 0 bridgehead atoms. The van der Waals surface area contributed by atoms with Crippen LogP contribution in [0.4, 0.5) is 0 Å². The van der Waals surface area contributed by atoms with Gasteiger partial charge in [0.2, 0.25) is 0 Å². The predicted octanol–water partition coefficient (Wildman–Crippen LogP) is 1.32. The standard InChI is InChI=1S/C9H14N2O2/c1-6-5-7(2)11(10-6)9(3,4)8(12)13/h5H,1-4H3,(H,12,13). The Morgan fingerprint density at radius 2 is 2.08 bits per heavy atom. The maximum Gasteiger partial charge on any atom is 0.331 e. The van der Waals surface area contributed by atoms with Gasteiger partial charge in [-0.25, -0.2) is 4.79 Å². The molecule has 4 heteroatoms. The number of rotatable bonds is 2. The summed E-state index contributed by atoms with van der Waals surface area (Å²) >= 11 is 0. The fourth-order valence-corrected chi connectivity index (χ4v) is 1.29. The molecule has 0 fully saturated rings. The van der Waals surface area contributed by atoms with Gasteiger partial charge < -0.3 is 5.11 Å². The van der Waals surface area contributed by atoms with Crippen molar-refractivity contribution in [2.24, 2.45) is 0 Å². The van der Waals surface area contributed by atoms with Gasteiger partial charge in [0.15, 0.2) is 5.54 Å². The normalized spacial score (nSPS) is 11.7. The summed E-state index contributed by atoms with van der Waals surface area (Å²) in [4.78, 5) is 10.9. The predicted molar refractivity (Wildman–Crippen MR) is 48.7 cm³/mol. The smallest absolute Gasteiger partial charge is 0.331 e. The van der Waals surface area contributed by atoms with Crippen molar-refractivity contribution in [3.8, 4) is 0 Å². The fourth-order valence-electron chi connectivity index (χ4n) is 1.29. The minimum absolute atomic E-state index is 0.840. The molecule has 0 spiro atoms.